The summed E-state index contributed by atoms with van der Waals surface area (Å²) in [5.41, 5.74) is 2.51. The molecule has 0 saturated carbocycles. The number of hydrogen-bond acceptors (Lipinski definition) is 7. The number of para-hydroxylation sites is 2. The zero-order valence-corrected chi connectivity index (χ0v) is 16.0. The van der Waals surface area contributed by atoms with E-state index in [1.54, 1.807) is 6.26 Å². The number of rotatable bonds is 5. The van der Waals surface area contributed by atoms with Gasteiger partial charge >= 0.3 is 0 Å². The summed E-state index contributed by atoms with van der Waals surface area (Å²) in [6, 6.07) is 11.3. The molecule has 0 bridgehead atoms. The van der Waals surface area contributed by atoms with Gasteiger partial charge in [0.15, 0.2) is 16.8 Å². The van der Waals surface area contributed by atoms with Crippen LogP contribution in [0.3, 0.4) is 0 Å². The lowest BCUT2D eigenvalue weighted by Gasteiger charge is -2.04. The van der Waals surface area contributed by atoms with Gasteiger partial charge in [-0.1, -0.05) is 23.9 Å². The highest BCUT2D eigenvalue weighted by atomic mass is 32.2. The quantitative estimate of drug-likeness (QED) is 0.301. The van der Waals surface area contributed by atoms with E-state index in [4.69, 9.17) is 4.42 Å². The van der Waals surface area contributed by atoms with Crippen LogP contribution in [0, 0.1) is 18.3 Å². The van der Waals surface area contributed by atoms with Gasteiger partial charge in [0.2, 0.25) is 0 Å². The van der Waals surface area contributed by atoms with Gasteiger partial charge in [0.1, 0.15) is 23.2 Å². The number of aromatic nitrogens is 5. The summed E-state index contributed by atoms with van der Waals surface area (Å²) in [5.74, 6) is 1.86. The highest BCUT2D eigenvalue weighted by Gasteiger charge is 2.17. The molecule has 28 heavy (non-hydrogen) atoms. The van der Waals surface area contributed by atoms with Crippen molar-refractivity contribution < 1.29 is 9.52 Å². The van der Waals surface area contributed by atoms with Gasteiger partial charge in [-0.15, -0.1) is 10.2 Å². The summed E-state index contributed by atoms with van der Waals surface area (Å²) in [6.07, 6.45) is 1.60. The number of allylic oxidation sites excluding steroid dienone is 1. The number of benzene rings is 1. The van der Waals surface area contributed by atoms with E-state index in [1.807, 2.05) is 54.9 Å². The molecule has 3 aromatic heterocycles. The van der Waals surface area contributed by atoms with Crippen molar-refractivity contribution in [3.05, 3.63) is 53.9 Å². The summed E-state index contributed by atoms with van der Waals surface area (Å²) in [6.45, 7) is 1.86. The van der Waals surface area contributed by atoms with E-state index in [0.717, 1.165) is 22.4 Å². The number of aliphatic hydroxyl groups excluding tert-OH is 1. The molecule has 0 aliphatic rings. The number of furan rings is 1. The van der Waals surface area contributed by atoms with Crippen molar-refractivity contribution in [1.82, 2.24) is 24.7 Å². The number of aromatic amines is 1. The van der Waals surface area contributed by atoms with Crippen LogP contribution in [0.5, 0.6) is 0 Å². The molecule has 1 aromatic carbocycles. The third-order valence-electron chi connectivity index (χ3n) is 4.30. The second-order valence-electron chi connectivity index (χ2n) is 6.08. The first-order valence-electron chi connectivity index (χ1n) is 8.42. The van der Waals surface area contributed by atoms with E-state index in [1.165, 1.54) is 11.8 Å². The Bertz CT molecular complexity index is 1190. The molecule has 0 radical (unpaired) electrons. The van der Waals surface area contributed by atoms with E-state index in [2.05, 4.69) is 20.2 Å². The van der Waals surface area contributed by atoms with Gasteiger partial charge in [-0.25, -0.2) is 4.98 Å². The Labute approximate surface area is 164 Å². The number of nitriles is 1. The van der Waals surface area contributed by atoms with Gasteiger partial charge in [0.25, 0.3) is 0 Å². The maximum atomic E-state index is 10.5. The van der Waals surface area contributed by atoms with Crippen molar-refractivity contribution in [2.75, 3.05) is 5.75 Å². The molecule has 4 aromatic rings. The summed E-state index contributed by atoms with van der Waals surface area (Å²) in [5, 5.41) is 29.0. The van der Waals surface area contributed by atoms with Gasteiger partial charge in [-0.2, -0.15) is 5.26 Å². The van der Waals surface area contributed by atoms with E-state index in [9.17, 15) is 10.4 Å². The Hall–Kier alpha value is -3.51. The molecule has 4 rings (SSSR count). The highest BCUT2D eigenvalue weighted by Crippen LogP contribution is 2.27. The standard InChI is InChI=1S/C19H16N6O2S/c1-11-12(7-8-27-11)18-23-24-19(25(18)2)28-10-16(26)13(9-20)17-21-14-5-3-4-6-15(14)22-17/h3-8,26H,10H2,1-2H3,(H,21,22)/b16-13-. The third kappa shape index (κ3) is 3.14. The predicted molar refractivity (Wildman–Crippen MR) is 105 cm³/mol. The number of nitrogens with zero attached hydrogens (tertiary/aromatic N) is 5. The molecule has 8 nitrogen and oxygen atoms in total. The summed E-state index contributed by atoms with van der Waals surface area (Å²) in [4.78, 5) is 7.44. The molecule has 2 N–H and O–H groups in total. The summed E-state index contributed by atoms with van der Waals surface area (Å²) in [7, 11) is 1.84. The van der Waals surface area contributed by atoms with Crippen LogP contribution in [0.15, 0.2) is 51.9 Å². The van der Waals surface area contributed by atoms with Crippen LogP contribution < -0.4 is 0 Å². The number of nitrogens with one attached hydrogen (secondary N) is 1. The predicted octanol–water partition coefficient (Wildman–Crippen LogP) is 3.84. The fraction of sp³-hybridized carbons (Fsp3) is 0.158. The number of hydrogen-bond donors (Lipinski definition) is 2. The first-order valence-corrected chi connectivity index (χ1v) is 9.41. The minimum absolute atomic E-state index is 0.0735. The number of aliphatic hydroxyl groups is 1. The Morgan fingerprint density at radius 2 is 2.14 bits per heavy atom. The van der Waals surface area contributed by atoms with Crippen LogP contribution in [0.25, 0.3) is 28.0 Å². The molecule has 0 amide bonds. The normalized spacial score (nSPS) is 12.2. The summed E-state index contributed by atoms with van der Waals surface area (Å²) >= 11 is 1.28. The molecule has 0 aliphatic heterocycles. The van der Waals surface area contributed by atoms with Gasteiger partial charge in [-0.05, 0) is 25.1 Å². The molecule has 0 aliphatic carbocycles. The largest absolute Gasteiger partial charge is 0.510 e. The number of fused-ring (bicyclic) bond motifs is 1. The molecule has 0 unspecified atom stereocenters. The molecular formula is C19H16N6O2S. The smallest absolute Gasteiger partial charge is 0.191 e. The average Bonchev–Trinajstić information content (AvgIpc) is 3.39. The van der Waals surface area contributed by atoms with Crippen LogP contribution in [0.1, 0.15) is 11.6 Å². The van der Waals surface area contributed by atoms with Crippen LogP contribution in [-0.4, -0.2) is 35.6 Å². The number of aryl methyl sites for hydroxylation is 1. The summed E-state index contributed by atoms with van der Waals surface area (Å²) < 4.78 is 7.14. The molecule has 3 heterocycles. The zero-order valence-electron chi connectivity index (χ0n) is 15.2. The van der Waals surface area contributed by atoms with E-state index >= 15 is 0 Å². The molecule has 0 fully saturated rings. The van der Waals surface area contributed by atoms with Crippen LogP contribution in [0.4, 0.5) is 0 Å². The Kier molecular flexibility index (Phi) is 4.63. The van der Waals surface area contributed by atoms with Gasteiger partial charge in [0.05, 0.1) is 28.6 Å². The van der Waals surface area contributed by atoms with Gasteiger partial charge in [0, 0.05) is 7.05 Å². The first-order chi connectivity index (χ1) is 13.6. The van der Waals surface area contributed by atoms with Gasteiger partial charge < -0.3 is 19.1 Å². The van der Waals surface area contributed by atoms with E-state index in [0.29, 0.717) is 16.8 Å². The molecule has 0 saturated heterocycles. The molecule has 9 heteroatoms. The van der Waals surface area contributed by atoms with Crippen LogP contribution >= 0.6 is 11.8 Å². The van der Waals surface area contributed by atoms with E-state index in [-0.39, 0.29) is 17.1 Å². The van der Waals surface area contributed by atoms with Crippen molar-refractivity contribution in [3.8, 4) is 17.5 Å². The lowest BCUT2D eigenvalue weighted by molar-refractivity contribution is 0.420. The van der Waals surface area contributed by atoms with Crippen LogP contribution in [0.2, 0.25) is 0 Å². The zero-order chi connectivity index (χ0) is 19.7. The van der Waals surface area contributed by atoms with E-state index < -0.39 is 0 Å². The van der Waals surface area contributed by atoms with Crippen molar-refractivity contribution in [2.24, 2.45) is 7.05 Å². The Morgan fingerprint density at radius 3 is 2.86 bits per heavy atom. The third-order valence-corrected chi connectivity index (χ3v) is 5.33. The highest BCUT2D eigenvalue weighted by molar-refractivity contribution is 7.99. The maximum absolute atomic E-state index is 10.5. The lowest BCUT2D eigenvalue weighted by atomic mass is 10.2. The molecule has 0 atom stereocenters. The first kappa shape index (κ1) is 17.9. The minimum atomic E-state index is -0.0735. The minimum Gasteiger partial charge on any atom is -0.510 e. The number of H-pyrrole nitrogens is 1. The molecular weight excluding hydrogens is 376 g/mol. The number of imidazole rings is 1. The second-order valence-corrected chi connectivity index (χ2v) is 7.02. The fourth-order valence-electron chi connectivity index (χ4n) is 2.82. The molecule has 0 spiro atoms. The Balaban J connectivity index is 1.58. The number of thioether (sulfide) groups is 1. The van der Waals surface area contributed by atoms with Gasteiger partial charge in [-0.3, -0.25) is 0 Å². The second kappa shape index (κ2) is 7.25. The average molecular weight is 392 g/mol. The topological polar surface area (TPSA) is 117 Å². The van der Waals surface area contributed by atoms with Crippen molar-refractivity contribution in [1.29, 1.82) is 5.26 Å². The van der Waals surface area contributed by atoms with Crippen LogP contribution in [-0.2, 0) is 7.05 Å². The van der Waals surface area contributed by atoms with Crippen molar-refractivity contribution in [2.45, 2.75) is 12.1 Å². The monoisotopic (exact) mass is 392 g/mol. The molecule has 140 valence electrons. The lowest BCUT2D eigenvalue weighted by Crippen LogP contribution is -1.98. The van der Waals surface area contributed by atoms with Crippen molar-refractivity contribution >= 4 is 28.4 Å². The fourth-order valence-corrected chi connectivity index (χ4v) is 3.61. The Morgan fingerprint density at radius 1 is 1.32 bits per heavy atom. The van der Waals surface area contributed by atoms with Crippen molar-refractivity contribution in [3.63, 3.8) is 0 Å². The SMILES string of the molecule is Cc1occc1-c1nnc(SC/C(O)=C(\C#N)c2nc3ccccc3[nH]2)n1C. The maximum Gasteiger partial charge on any atom is 0.191 e.